The zero-order chi connectivity index (χ0) is 21.6. The predicted molar refractivity (Wildman–Crippen MR) is 124 cm³/mol. The lowest BCUT2D eigenvalue weighted by Gasteiger charge is -2.08. The Hall–Kier alpha value is -3.71. The van der Waals surface area contributed by atoms with Crippen molar-refractivity contribution in [2.45, 2.75) is 13.0 Å². The van der Waals surface area contributed by atoms with Crippen LogP contribution in [-0.4, -0.2) is 17.0 Å². The van der Waals surface area contributed by atoms with E-state index in [1.165, 1.54) is 6.07 Å². The molecular formula is C24H21N3O3S. The van der Waals surface area contributed by atoms with Crippen molar-refractivity contribution in [2.24, 2.45) is 0 Å². The summed E-state index contributed by atoms with van der Waals surface area (Å²) in [4.78, 5) is 16.6. The Morgan fingerprint density at radius 3 is 2.58 bits per heavy atom. The minimum atomic E-state index is -0.383. The molecule has 0 unspecified atom stereocenters. The van der Waals surface area contributed by atoms with E-state index in [0.717, 1.165) is 38.1 Å². The van der Waals surface area contributed by atoms with Crippen LogP contribution < -0.4 is 10.1 Å². The van der Waals surface area contributed by atoms with Crippen LogP contribution in [0.1, 0.15) is 16.0 Å². The number of hydrogen-bond donors (Lipinski definition) is 1. The highest BCUT2D eigenvalue weighted by Crippen LogP contribution is 2.34. The van der Waals surface area contributed by atoms with E-state index < -0.39 is 0 Å². The number of aromatic nitrogens is 1. The van der Waals surface area contributed by atoms with Crippen LogP contribution in [0.25, 0.3) is 11.3 Å². The maximum atomic E-state index is 11.0. The van der Waals surface area contributed by atoms with Gasteiger partial charge < -0.3 is 10.1 Å². The fourth-order valence-corrected chi connectivity index (χ4v) is 4.35. The smallest absolute Gasteiger partial charge is 0.269 e. The molecule has 0 bridgehead atoms. The summed E-state index contributed by atoms with van der Waals surface area (Å²) in [6.07, 6.45) is 0.699. The summed E-state index contributed by atoms with van der Waals surface area (Å²) < 4.78 is 5.52. The number of methoxy groups -OCH3 is 1. The zero-order valence-corrected chi connectivity index (χ0v) is 17.8. The highest BCUT2D eigenvalue weighted by molar-refractivity contribution is 7.16. The first-order chi connectivity index (χ1) is 15.1. The average molecular weight is 432 g/mol. The molecule has 1 N–H and O–H groups in total. The van der Waals surface area contributed by atoms with Crippen LogP contribution in [0.2, 0.25) is 0 Å². The van der Waals surface area contributed by atoms with Crippen LogP contribution in [-0.2, 0) is 13.0 Å². The van der Waals surface area contributed by atoms with E-state index >= 15 is 0 Å². The molecule has 0 atom stereocenters. The van der Waals surface area contributed by atoms with Gasteiger partial charge in [-0.3, -0.25) is 10.1 Å². The Morgan fingerprint density at radius 2 is 1.81 bits per heavy atom. The van der Waals surface area contributed by atoms with E-state index in [4.69, 9.17) is 9.72 Å². The van der Waals surface area contributed by atoms with Gasteiger partial charge in [-0.1, -0.05) is 60.7 Å². The Balaban J connectivity index is 1.62. The lowest BCUT2D eigenvalue weighted by Crippen LogP contribution is -1.99. The number of para-hydroxylation sites is 1. The molecular weight excluding hydrogens is 410 g/mol. The molecule has 0 saturated carbocycles. The van der Waals surface area contributed by atoms with Crippen molar-refractivity contribution in [1.29, 1.82) is 0 Å². The second-order valence-electron chi connectivity index (χ2n) is 6.93. The van der Waals surface area contributed by atoms with Crippen molar-refractivity contribution in [3.05, 3.63) is 105 Å². The summed E-state index contributed by atoms with van der Waals surface area (Å²) in [5.74, 6) is 0.848. The fraction of sp³-hybridized carbons (Fsp3) is 0.125. The van der Waals surface area contributed by atoms with E-state index in [-0.39, 0.29) is 10.6 Å². The molecule has 0 aliphatic carbocycles. The number of rotatable bonds is 8. The van der Waals surface area contributed by atoms with E-state index in [1.807, 2.05) is 54.6 Å². The molecule has 0 amide bonds. The summed E-state index contributed by atoms with van der Waals surface area (Å²) in [7, 11) is 1.68. The van der Waals surface area contributed by atoms with Crippen molar-refractivity contribution >= 4 is 22.2 Å². The number of nitrogens with zero attached hydrogens (tertiary/aromatic N) is 2. The average Bonchev–Trinajstić information content (AvgIpc) is 3.21. The third kappa shape index (κ3) is 4.90. The number of ether oxygens (including phenoxy) is 1. The van der Waals surface area contributed by atoms with Gasteiger partial charge in [0.2, 0.25) is 0 Å². The van der Waals surface area contributed by atoms with Crippen LogP contribution in [0, 0.1) is 10.1 Å². The zero-order valence-electron chi connectivity index (χ0n) is 16.9. The molecule has 31 heavy (non-hydrogen) atoms. The molecule has 1 aromatic heterocycles. The number of nitro groups is 1. The molecule has 0 fully saturated rings. The molecule has 4 aromatic rings. The molecule has 0 spiro atoms. The molecule has 0 radical (unpaired) electrons. The maximum absolute atomic E-state index is 11.0. The monoisotopic (exact) mass is 431 g/mol. The molecule has 6 nitrogen and oxygen atoms in total. The standard InChI is InChI=1S/C24H21N3O3S/c1-30-21-13-6-5-11-19(21)15-22-23(18-9-3-2-4-10-18)26-24(31-22)25-16-17-8-7-12-20(14-17)27(28)29/h2-14H,15-16H2,1H3,(H,25,26). The van der Waals surface area contributed by atoms with Crippen molar-refractivity contribution in [3.8, 4) is 17.0 Å². The highest BCUT2D eigenvalue weighted by Gasteiger charge is 2.16. The molecule has 1 heterocycles. The van der Waals surface area contributed by atoms with Crippen molar-refractivity contribution < 1.29 is 9.66 Å². The van der Waals surface area contributed by atoms with Gasteiger partial charge in [-0.05, 0) is 17.2 Å². The topological polar surface area (TPSA) is 77.3 Å². The van der Waals surface area contributed by atoms with Gasteiger partial charge in [-0.25, -0.2) is 4.98 Å². The molecule has 0 aliphatic heterocycles. The number of benzene rings is 3. The lowest BCUT2D eigenvalue weighted by molar-refractivity contribution is -0.384. The van der Waals surface area contributed by atoms with Gasteiger partial charge in [0.15, 0.2) is 5.13 Å². The minimum absolute atomic E-state index is 0.0836. The Morgan fingerprint density at radius 1 is 1.03 bits per heavy atom. The summed E-state index contributed by atoms with van der Waals surface area (Å²) in [6, 6.07) is 24.7. The van der Waals surface area contributed by atoms with Crippen LogP contribution in [0.4, 0.5) is 10.8 Å². The van der Waals surface area contributed by atoms with E-state index in [2.05, 4.69) is 11.4 Å². The van der Waals surface area contributed by atoms with Crippen LogP contribution in [0.15, 0.2) is 78.9 Å². The van der Waals surface area contributed by atoms with Crippen LogP contribution >= 0.6 is 11.3 Å². The normalized spacial score (nSPS) is 10.6. The van der Waals surface area contributed by atoms with Gasteiger partial charge >= 0.3 is 0 Å². The molecule has 0 saturated heterocycles. The third-order valence-corrected chi connectivity index (χ3v) is 5.87. The SMILES string of the molecule is COc1ccccc1Cc1sc(NCc2cccc([N+](=O)[O-])c2)nc1-c1ccccc1. The van der Waals surface area contributed by atoms with Crippen molar-refractivity contribution in [2.75, 3.05) is 12.4 Å². The number of anilines is 1. The van der Waals surface area contributed by atoms with Crippen LogP contribution in [0.5, 0.6) is 5.75 Å². The Labute approximate surface area is 184 Å². The minimum Gasteiger partial charge on any atom is -0.496 e. The summed E-state index contributed by atoms with van der Waals surface area (Å²) in [5, 5.41) is 15.1. The number of hydrogen-bond acceptors (Lipinski definition) is 6. The number of non-ortho nitro benzene ring substituents is 1. The number of nitro benzene ring substituents is 1. The largest absolute Gasteiger partial charge is 0.496 e. The summed E-state index contributed by atoms with van der Waals surface area (Å²) in [5.41, 5.74) is 3.98. The van der Waals surface area contributed by atoms with E-state index in [9.17, 15) is 10.1 Å². The summed E-state index contributed by atoms with van der Waals surface area (Å²) >= 11 is 1.59. The molecule has 0 aliphatic rings. The van der Waals surface area contributed by atoms with Gasteiger partial charge in [-0.2, -0.15) is 0 Å². The van der Waals surface area contributed by atoms with Gasteiger partial charge in [0.1, 0.15) is 5.75 Å². The van der Waals surface area contributed by atoms with Crippen LogP contribution in [0.3, 0.4) is 0 Å². The Bertz CT molecular complexity index is 1190. The molecule has 4 rings (SSSR count). The van der Waals surface area contributed by atoms with Gasteiger partial charge in [0, 0.05) is 35.5 Å². The number of thiazole rings is 1. The Kier molecular flexibility index (Phi) is 6.24. The molecule has 3 aromatic carbocycles. The maximum Gasteiger partial charge on any atom is 0.269 e. The number of nitrogens with one attached hydrogen (secondary N) is 1. The van der Waals surface area contributed by atoms with Crippen molar-refractivity contribution in [3.63, 3.8) is 0 Å². The second-order valence-corrected chi connectivity index (χ2v) is 8.01. The first-order valence-corrected chi connectivity index (χ1v) is 10.6. The van der Waals surface area contributed by atoms with Gasteiger partial charge in [-0.15, -0.1) is 11.3 Å². The molecule has 156 valence electrons. The third-order valence-electron chi connectivity index (χ3n) is 4.85. The van der Waals surface area contributed by atoms with E-state index in [1.54, 1.807) is 30.6 Å². The van der Waals surface area contributed by atoms with E-state index in [0.29, 0.717) is 13.0 Å². The predicted octanol–water partition coefficient (Wildman–Crippen LogP) is 5.93. The first kappa shape index (κ1) is 20.6. The highest BCUT2D eigenvalue weighted by atomic mass is 32.1. The summed E-state index contributed by atoms with van der Waals surface area (Å²) in [6.45, 7) is 0.456. The van der Waals surface area contributed by atoms with Gasteiger partial charge in [0.25, 0.3) is 5.69 Å². The first-order valence-electron chi connectivity index (χ1n) is 9.78. The quantitative estimate of drug-likeness (QED) is 0.276. The lowest BCUT2D eigenvalue weighted by atomic mass is 10.1. The van der Waals surface area contributed by atoms with Crippen molar-refractivity contribution in [1.82, 2.24) is 4.98 Å². The molecule has 7 heteroatoms. The fourth-order valence-electron chi connectivity index (χ4n) is 3.35. The second kappa shape index (κ2) is 9.40. The van der Waals surface area contributed by atoms with Gasteiger partial charge in [0.05, 0.1) is 17.7 Å².